The van der Waals surface area contributed by atoms with E-state index in [1.807, 2.05) is 13.8 Å². The summed E-state index contributed by atoms with van der Waals surface area (Å²) in [4.78, 5) is 39.0. The van der Waals surface area contributed by atoms with E-state index in [1.165, 1.54) is 12.2 Å². The Morgan fingerprint density at radius 1 is 1.15 bits per heavy atom. The van der Waals surface area contributed by atoms with Crippen molar-refractivity contribution in [3.8, 4) is 0 Å². The van der Waals surface area contributed by atoms with E-state index in [0.717, 1.165) is 30.4 Å². The highest BCUT2D eigenvalue weighted by molar-refractivity contribution is 6.18. The first kappa shape index (κ1) is 20.0. The fourth-order valence-electron chi connectivity index (χ4n) is 5.18. The quantitative estimate of drug-likeness (QED) is 0.418. The van der Waals surface area contributed by atoms with Crippen LogP contribution in [-0.4, -0.2) is 23.6 Å². The van der Waals surface area contributed by atoms with Crippen LogP contribution in [0.2, 0.25) is 0 Å². The van der Waals surface area contributed by atoms with Gasteiger partial charge in [-0.25, -0.2) is 0 Å². The summed E-state index contributed by atoms with van der Waals surface area (Å²) in [6.07, 6.45) is 6.24. The molecule has 1 fully saturated rings. The Morgan fingerprint density at radius 3 is 2.52 bits per heavy atom. The van der Waals surface area contributed by atoms with Crippen LogP contribution >= 0.6 is 0 Å². The lowest BCUT2D eigenvalue weighted by molar-refractivity contribution is -0.176. The molecule has 0 bridgehead atoms. The lowest BCUT2D eigenvalue weighted by Crippen LogP contribution is -2.54. The van der Waals surface area contributed by atoms with Gasteiger partial charge < -0.3 is 4.74 Å². The molecule has 1 saturated carbocycles. The second-order valence-electron chi connectivity index (χ2n) is 9.34. The number of ketones is 2. The van der Waals surface area contributed by atoms with Crippen molar-refractivity contribution in [3.63, 3.8) is 0 Å². The van der Waals surface area contributed by atoms with Gasteiger partial charge in [-0.15, -0.1) is 0 Å². The number of esters is 1. The van der Waals surface area contributed by atoms with Crippen LogP contribution in [0.4, 0.5) is 0 Å². The van der Waals surface area contributed by atoms with E-state index >= 15 is 0 Å². The Kier molecular flexibility index (Phi) is 5.47. The Hall–Kier alpha value is -1.71. The number of hydrogen-bond acceptors (Lipinski definition) is 4. The lowest BCUT2D eigenvalue weighted by Gasteiger charge is -2.44. The Bertz CT molecular complexity index is 714. The molecule has 4 nitrogen and oxygen atoms in total. The third kappa shape index (κ3) is 3.43. The van der Waals surface area contributed by atoms with Crippen molar-refractivity contribution in [2.45, 2.75) is 72.8 Å². The molecule has 0 spiro atoms. The van der Waals surface area contributed by atoms with Crippen LogP contribution < -0.4 is 0 Å². The molecule has 0 aromatic rings. The van der Waals surface area contributed by atoms with Gasteiger partial charge in [-0.2, -0.15) is 0 Å². The zero-order valence-electron chi connectivity index (χ0n) is 17.2. The smallest absolute Gasteiger partial charge is 0.321 e. The Labute approximate surface area is 162 Å². The van der Waals surface area contributed by atoms with Gasteiger partial charge in [0.25, 0.3) is 0 Å². The molecule has 0 heterocycles. The molecular formula is C23H32O4. The minimum absolute atomic E-state index is 0.129. The number of rotatable bonds is 3. The molecule has 0 aromatic heterocycles. The number of carbonyl (C=O) groups is 3. The molecule has 3 aliphatic rings. The van der Waals surface area contributed by atoms with Crippen molar-refractivity contribution in [2.75, 3.05) is 0 Å². The van der Waals surface area contributed by atoms with Crippen LogP contribution in [-0.2, 0) is 19.1 Å². The highest BCUT2D eigenvalue weighted by atomic mass is 16.5. The number of carbonyl (C=O) groups excluding carboxylic acids is 3. The topological polar surface area (TPSA) is 60.4 Å². The zero-order valence-corrected chi connectivity index (χ0v) is 17.2. The number of allylic oxidation sites excluding steroid dienone is 4. The summed E-state index contributed by atoms with van der Waals surface area (Å²) in [6, 6.07) is 0. The average molecular weight is 373 g/mol. The van der Waals surface area contributed by atoms with E-state index in [4.69, 9.17) is 4.74 Å². The van der Waals surface area contributed by atoms with Crippen LogP contribution in [0.1, 0.15) is 66.7 Å². The SMILES string of the molecule is CC1=C(C)C[C@@]2(C(=O)O[C@@H]3C[C@H](C)CC[C@H]3C(C)C)C(=O)C=CC(=O)[C@H]2C1. The van der Waals surface area contributed by atoms with Gasteiger partial charge in [0.05, 0.1) is 0 Å². The standard InChI is InChI=1S/C23H32O4/c1-13(2)17-7-6-14(3)10-20(17)27-22(26)23-12-16(5)15(4)11-18(23)19(24)8-9-21(23)25/h8-9,13-14,17-18,20H,6-7,10-12H2,1-5H3/t14-,17+,18-,20-,23+/m1/s1. The molecule has 0 amide bonds. The maximum Gasteiger partial charge on any atom is 0.321 e. The summed E-state index contributed by atoms with van der Waals surface area (Å²) in [5, 5.41) is 0. The van der Waals surface area contributed by atoms with Gasteiger partial charge in [0, 0.05) is 5.92 Å². The minimum Gasteiger partial charge on any atom is -0.461 e. The molecular weight excluding hydrogens is 340 g/mol. The molecule has 27 heavy (non-hydrogen) atoms. The van der Waals surface area contributed by atoms with Gasteiger partial charge >= 0.3 is 5.97 Å². The summed E-state index contributed by atoms with van der Waals surface area (Å²) in [5.41, 5.74) is 0.765. The van der Waals surface area contributed by atoms with E-state index in [-0.39, 0.29) is 17.7 Å². The van der Waals surface area contributed by atoms with Gasteiger partial charge in [0.2, 0.25) is 0 Å². The van der Waals surface area contributed by atoms with Crippen molar-refractivity contribution in [2.24, 2.45) is 29.1 Å². The molecule has 0 unspecified atom stereocenters. The highest BCUT2D eigenvalue weighted by Crippen LogP contribution is 2.49. The van der Waals surface area contributed by atoms with Crippen molar-refractivity contribution in [1.29, 1.82) is 0 Å². The molecule has 148 valence electrons. The van der Waals surface area contributed by atoms with Gasteiger partial charge in [-0.05, 0) is 69.4 Å². The van der Waals surface area contributed by atoms with E-state index in [0.29, 0.717) is 30.6 Å². The summed E-state index contributed by atoms with van der Waals surface area (Å²) in [7, 11) is 0. The van der Waals surface area contributed by atoms with Crippen LogP contribution in [0.3, 0.4) is 0 Å². The van der Waals surface area contributed by atoms with E-state index in [1.54, 1.807) is 0 Å². The molecule has 0 aliphatic heterocycles. The first-order chi connectivity index (χ1) is 12.7. The molecule has 5 atom stereocenters. The van der Waals surface area contributed by atoms with Gasteiger partial charge in [0.15, 0.2) is 11.6 Å². The van der Waals surface area contributed by atoms with Crippen LogP contribution in [0.15, 0.2) is 23.3 Å². The molecule has 4 heteroatoms. The zero-order chi connectivity index (χ0) is 19.9. The Balaban J connectivity index is 1.93. The summed E-state index contributed by atoms with van der Waals surface area (Å²) >= 11 is 0. The summed E-state index contributed by atoms with van der Waals surface area (Å²) < 4.78 is 6.07. The maximum absolute atomic E-state index is 13.5. The molecule has 0 aromatic carbocycles. The van der Waals surface area contributed by atoms with Crippen molar-refractivity contribution >= 4 is 17.5 Å². The second kappa shape index (κ2) is 7.37. The first-order valence-corrected chi connectivity index (χ1v) is 10.3. The van der Waals surface area contributed by atoms with Crippen LogP contribution in [0.25, 0.3) is 0 Å². The number of hydrogen-bond donors (Lipinski definition) is 0. The molecule has 0 radical (unpaired) electrons. The van der Waals surface area contributed by atoms with Gasteiger partial charge in [-0.1, -0.05) is 38.3 Å². The monoisotopic (exact) mass is 372 g/mol. The largest absolute Gasteiger partial charge is 0.461 e. The Morgan fingerprint density at radius 2 is 1.85 bits per heavy atom. The highest BCUT2D eigenvalue weighted by Gasteiger charge is 2.58. The van der Waals surface area contributed by atoms with Gasteiger partial charge in [0.1, 0.15) is 11.5 Å². The van der Waals surface area contributed by atoms with E-state index < -0.39 is 17.3 Å². The molecule has 0 saturated heterocycles. The van der Waals surface area contributed by atoms with Crippen LogP contribution in [0.5, 0.6) is 0 Å². The predicted molar refractivity (Wildman–Crippen MR) is 104 cm³/mol. The molecule has 3 rings (SSSR count). The third-order valence-corrected chi connectivity index (χ3v) is 7.14. The van der Waals surface area contributed by atoms with Gasteiger partial charge in [-0.3, -0.25) is 14.4 Å². The van der Waals surface area contributed by atoms with E-state index in [9.17, 15) is 14.4 Å². The van der Waals surface area contributed by atoms with E-state index in [2.05, 4.69) is 20.8 Å². The summed E-state index contributed by atoms with van der Waals surface area (Å²) in [5.74, 6) is -0.263. The lowest BCUT2D eigenvalue weighted by atomic mass is 9.59. The second-order valence-corrected chi connectivity index (χ2v) is 9.34. The summed E-state index contributed by atoms with van der Waals surface area (Å²) in [6.45, 7) is 10.5. The fraction of sp³-hybridized carbons (Fsp3) is 0.696. The maximum atomic E-state index is 13.5. The first-order valence-electron chi connectivity index (χ1n) is 10.3. The number of fused-ring (bicyclic) bond motifs is 1. The van der Waals surface area contributed by atoms with Crippen LogP contribution in [0, 0.1) is 29.1 Å². The van der Waals surface area contributed by atoms with Crippen molar-refractivity contribution in [3.05, 3.63) is 23.3 Å². The molecule has 0 N–H and O–H groups in total. The third-order valence-electron chi connectivity index (χ3n) is 7.14. The minimum atomic E-state index is -1.36. The fourth-order valence-corrected chi connectivity index (χ4v) is 5.18. The van der Waals surface area contributed by atoms with Crippen molar-refractivity contribution in [1.82, 2.24) is 0 Å². The average Bonchev–Trinajstić information content (AvgIpc) is 2.60. The predicted octanol–water partition coefficient (Wildman–Crippen LogP) is 4.43. The number of ether oxygens (including phenoxy) is 1. The normalized spacial score (nSPS) is 36.8. The van der Waals surface area contributed by atoms with Crippen molar-refractivity contribution < 1.29 is 19.1 Å². The molecule has 3 aliphatic carbocycles.